The summed E-state index contributed by atoms with van der Waals surface area (Å²) in [6, 6.07) is 0. The van der Waals surface area contributed by atoms with Crippen molar-refractivity contribution in [3.63, 3.8) is 0 Å². The molecule has 0 aliphatic rings. The van der Waals surface area contributed by atoms with Gasteiger partial charge in [0.05, 0.1) is 0 Å². The first-order valence-corrected chi connectivity index (χ1v) is 0.941. The number of carbonyl (C=O) groups is 1. The second-order valence-electron chi connectivity index (χ2n) is 0.105. The summed E-state index contributed by atoms with van der Waals surface area (Å²) in [4.78, 5) is 8.36. The van der Waals surface area contributed by atoms with E-state index in [4.69, 9.17) is 15.0 Å². The van der Waals surface area contributed by atoms with Crippen molar-refractivity contribution in [3.05, 3.63) is 0 Å². The Kier molecular flexibility index (Phi) is 140. The molecule has 0 aromatic carbocycles. The third kappa shape index (κ3) is 282. The summed E-state index contributed by atoms with van der Waals surface area (Å²) in [6.45, 7) is -0.250. The van der Waals surface area contributed by atoms with Gasteiger partial charge in [0.25, 0.3) is 6.47 Å². The van der Waals surface area contributed by atoms with E-state index < -0.39 is 0 Å². The topological polar surface area (TPSA) is 57.5 Å². The van der Waals surface area contributed by atoms with E-state index in [0.29, 0.717) is 0 Å². The average Bonchev–Trinajstić information content (AvgIpc) is 1.46. The van der Waals surface area contributed by atoms with Gasteiger partial charge < -0.3 is 10.2 Å². The molecule has 0 radical (unpaired) electrons. The maximum absolute atomic E-state index is 8.36. The summed E-state index contributed by atoms with van der Waals surface area (Å²) in [5.74, 6) is 0. The van der Waals surface area contributed by atoms with Gasteiger partial charge in [-0.25, -0.2) is 0 Å². The maximum atomic E-state index is 8.36. The van der Waals surface area contributed by atoms with Crippen molar-refractivity contribution >= 4 is 36.0 Å². The molecular formula is C2H7NaO3. The third-order valence-electron chi connectivity index (χ3n) is 0. The van der Waals surface area contributed by atoms with Crippen molar-refractivity contribution in [1.82, 2.24) is 0 Å². The third-order valence-corrected chi connectivity index (χ3v) is 0. The van der Waals surface area contributed by atoms with Crippen molar-refractivity contribution in [1.29, 1.82) is 0 Å². The molecular weight excluding hydrogens is 95.0 g/mol. The number of hydrogen-bond acceptors (Lipinski definition) is 2. The molecule has 0 aromatic rings. The van der Waals surface area contributed by atoms with Crippen LogP contribution in [0.15, 0.2) is 0 Å². The van der Waals surface area contributed by atoms with Crippen molar-refractivity contribution in [2.24, 2.45) is 0 Å². The molecule has 6 heavy (non-hydrogen) atoms. The average molecular weight is 102 g/mol. The molecule has 0 heterocycles. The van der Waals surface area contributed by atoms with Crippen molar-refractivity contribution in [2.75, 3.05) is 7.11 Å². The van der Waals surface area contributed by atoms with Crippen LogP contribution in [0.3, 0.4) is 0 Å². The number of carboxylic acid groups (broad SMARTS) is 1. The molecule has 4 heteroatoms. The molecule has 0 spiro atoms. The first-order chi connectivity index (χ1) is 2.41. The van der Waals surface area contributed by atoms with Gasteiger partial charge in [-0.05, 0) is 0 Å². The van der Waals surface area contributed by atoms with Gasteiger partial charge in [-0.3, -0.25) is 4.79 Å². The van der Waals surface area contributed by atoms with E-state index in [1.807, 2.05) is 0 Å². The van der Waals surface area contributed by atoms with E-state index in [2.05, 4.69) is 0 Å². The van der Waals surface area contributed by atoms with E-state index in [0.717, 1.165) is 7.11 Å². The Balaban J connectivity index is -0.0000000275. The van der Waals surface area contributed by atoms with E-state index in [9.17, 15) is 0 Å². The molecule has 0 amide bonds. The summed E-state index contributed by atoms with van der Waals surface area (Å²) < 4.78 is 0. The van der Waals surface area contributed by atoms with Crippen molar-refractivity contribution in [2.45, 2.75) is 0 Å². The van der Waals surface area contributed by atoms with Crippen LogP contribution < -0.4 is 0 Å². The molecule has 34 valence electrons. The summed E-state index contributed by atoms with van der Waals surface area (Å²) in [6.07, 6.45) is 0. The minimum absolute atomic E-state index is 0. The van der Waals surface area contributed by atoms with Crippen molar-refractivity contribution < 1.29 is 15.0 Å². The number of rotatable bonds is 0. The Bertz CT molecular complexity index is 16.3. The van der Waals surface area contributed by atoms with E-state index in [-0.39, 0.29) is 36.0 Å². The fourth-order valence-electron chi connectivity index (χ4n) is 0. The molecule has 0 aromatic heterocycles. The van der Waals surface area contributed by atoms with Crippen LogP contribution in [0.1, 0.15) is 0 Å². The van der Waals surface area contributed by atoms with Gasteiger partial charge in [0.1, 0.15) is 0 Å². The fourth-order valence-corrected chi connectivity index (χ4v) is 0. The van der Waals surface area contributed by atoms with Gasteiger partial charge >= 0.3 is 29.6 Å². The molecule has 0 saturated carbocycles. The van der Waals surface area contributed by atoms with E-state index in [1.54, 1.807) is 0 Å². The molecule has 0 atom stereocenters. The van der Waals surface area contributed by atoms with Gasteiger partial charge in [-0.2, -0.15) is 0 Å². The Morgan fingerprint density at radius 1 is 1.50 bits per heavy atom. The van der Waals surface area contributed by atoms with Crippen LogP contribution in [-0.4, -0.2) is 53.4 Å². The first kappa shape index (κ1) is 16.1. The molecule has 3 nitrogen and oxygen atoms in total. The molecule has 0 rings (SSSR count). The van der Waals surface area contributed by atoms with Crippen LogP contribution >= 0.6 is 0 Å². The van der Waals surface area contributed by atoms with E-state index in [1.165, 1.54) is 0 Å². The molecule has 0 aliphatic heterocycles. The number of aliphatic hydroxyl groups excluding tert-OH is 1. The normalized spacial score (nSPS) is 3.00. The Labute approximate surface area is 58.3 Å². The predicted molar refractivity (Wildman–Crippen MR) is 24.0 cm³/mol. The number of aliphatic hydroxyl groups is 1. The fraction of sp³-hybridized carbons (Fsp3) is 0.500. The van der Waals surface area contributed by atoms with Gasteiger partial charge in [0.15, 0.2) is 0 Å². The van der Waals surface area contributed by atoms with Gasteiger partial charge in [-0.15, -0.1) is 0 Å². The first-order valence-electron chi connectivity index (χ1n) is 0.941. The van der Waals surface area contributed by atoms with Crippen LogP contribution in [0.2, 0.25) is 0 Å². The van der Waals surface area contributed by atoms with Gasteiger partial charge in [0, 0.05) is 7.11 Å². The summed E-state index contributed by atoms with van der Waals surface area (Å²) in [5.41, 5.74) is 0. The van der Waals surface area contributed by atoms with Crippen LogP contribution in [-0.2, 0) is 4.79 Å². The molecule has 0 unspecified atom stereocenters. The predicted octanol–water partition coefficient (Wildman–Crippen LogP) is -1.34. The zero-order chi connectivity index (χ0) is 4.71. The molecule has 0 aliphatic carbocycles. The molecule has 2 N–H and O–H groups in total. The summed E-state index contributed by atoms with van der Waals surface area (Å²) in [7, 11) is 1.00. The second-order valence-corrected chi connectivity index (χ2v) is 0.105. The standard InChI is InChI=1S/CH2O2.CH4O.Na.H/c2-1-3;1-2;;/h1H,(H,2,3);2H,1H3;;. The molecule has 0 fully saturated rings. The van der Waals surface area contributed by atoms with Crippen LogP contribution in [0.5, 0.6) is 0 Å². The van der Waals surface area contributed by atoms with Crippen LogP contribution in [0.4, 0.5) is 0 Å². The van der Waals surface area contributed by atoms with Crippen LogP contribution in [0, 0.1) is 0 Å². The Hall–Kier alpha value is 0.430. The quantitative estimate of drug-likeness (QED) is 0.294. The number of hydrogen-bond donors (Lipinski definition) is 2. The zero-order valence-corrected chi connectivity index (χ0v) is 2.88. The minimum atomic E-state index is -0.250. The van der Waals surface area contributed by atoms with E-state index >= 15 is 0 Å². The summed E-state index contributed by atoms with van der Waals surface area (Å²) >= 11 is 0. The van der Waals surface area contributed by atoms with Gasteiger partial charge in [0.2, 0.25) is 0 Å². The SMILES string of the molecule is CO.O=CO.[NaH]. The second kappa shape index (κ2) is 52.1. The monoisotopic (exact) mass is 102 g/mol. The molecule has 0 bridgehead atoms. The zero-order valence-electron chi connectivity index (χ0n) is 2.88. The Morgan fingerprint density at radius 3 is 1.50 bits per heavy atom. The van der Waals surface area contributed by atoms with Crippen molar-refractivity contribution in [3.8, 4) is 0 Å². The van der Waals surface area contributed by atoms with Crippen LogP contribution in [0.25, 0.3) is 0 Å². The molecule has 0 saturated heterocycles. The summed E-state index contributed by atoms with van der Waals surface area (Å²) in [5, 5.41) is 13.9. The Morgan fingerprint density at radius 2 is 1.50 bits per heavy atom. The van der Waals surface area contributed by atoms with Gasteiger partial charge in [-0.1, -0.05) is 0 Å².